The zero-order chi connectivity index (χ0) is 28.7. The highest BCUT2D eigenvalue weighted by atomic mass is 16.3. The maximum absolute atomic E-state index is 14.0. The molecule has 0 radical (unpaired) electrons. The van der Waals surface area contributed by atoms with Gasteiger partial charge in [0, 0.05) is 37.2 Å². The fraction of sp³-hybridized carbons (Fsp3) is 0.481. The first-order chi connectivity index (χ1) is 18.2. The van der Waals surface area contributed by atoms with Crippen LogP contribution in [0, 0.1) is 17.8 Å². The number of anilines is 2. The first kappa shape index (κ1) is 26.7. The molecule has 2 saturated carbocycles. The monoisotopic (exact) mass is 540 g/mol. The van der Waals surface area contributed by atoms with Crippen LogP contribution in [0.2, 0.25) is 0 Å². The highest BCUT2D eigenvalue weighted by Gasteiger charge is 2.64. The van der Waals surface area contributed by atoms with Gasteiger partial charge in [-0.25, -0.2) is 0 Å². The number of aromatic hydroxyl groups is 1. The van der Waals surface area contributed by atoms with Crippen LogP contribution in [-0.2, 0) is 25.6 Å². The van der Waals surface area contributed by atoms with Crippen LogP contribution in [0.1, 0.15) is 30.4 Å². The van der Waals surface area contributed by atoms with Gasteiger partial charge in [-0.1, -0.05) is 0 Å². The third-order valence-electron chi connectivity index (χ3n) is 8.39. The number of aliphatic hydroxyl groups is 3. The number of amides is 2. The van der Waals surface area contributed by atoms with Crippen molar-refractivity contribution in [2.24, 2.45) is 23.5 Å². The van der Waals surface area contributed by atoms with Crippen molar-refractivity contribution in [2.45, 2.75) is 37.3 Å². The fourth-order valence-corrected chi connectivity index (χ4v) is 6.37. The summed E-state index contributed by atoms with van der Waals surface area (Å²) in [5, 5.41) is 48.0. The molecule has 0 spiro atoms. The number of Topliss-reactive ketones (excluding diaryl/α,β-unsaturated/α-hetero) is 2. The number of hydrogen-bond donors (Lipinski definition) is 6. The van der Waals surface area contributed by atoms with E-state index in [0.717, 1.165) is 12.8 Å². The van der Waals surface area contributed by atoms with Gasteiger partial charge in [-0.15, -0.1) is 0 Å². The van der Waals surface area contributed by atoms with Crippen LogP contribution in [0.25, 0.3) is 5.76 Å². The van der Waals surface area contributed by atoms with Crippen molar-refractivity contribution in [1.29, 1.82) is 0 Å². The third kappa shape index (κ3) is 3.73. The summed E-state index contributed by atoms with van der Waals surface area (Å²) in [6, 6.07) is 0.456. The van der Waals surface area contributed by atoms with E-state index in [4.69, 9.17) is 5.73 Å². The molecule has 4 aliphatic rings. The minimum absolute atomic E-state index is 0.000437. The second kappa shape index (κ2) is 8.82. The molecule has 3 unspecified atom stereocenters. The number of hydrogen-bond acceptors (Lipinski definition) is 10. The van der Waals surface area contributed by atoms with Crippen molar-refractivity contribution in [1.82, 2.24) is 4.90 Å². The minimum atomic E-state index is -2.71. The van der Waals surface area contributed by atoms with Crippen LogP contribution >= 0.6 is 0 Å². The Morgan fingerprint density at radius 1 is 1.10 bits per heavy atom. The highest BCUT2D eigenvalue weighted by molar-refractivity contribution is 6.24. The summed E-state index contributed by atoms with van der Waals surface area (Å²) in [6.45, 7) is 0. The van der Waals surface area contributed by atoms with Crippen LogP contribution in [0.3, 0.4) is 0 Å². The molecule has 0 aliphatic heterocycles. The molecular weight excluding hydrogens is 508 g/mol. The fourth-order valence-electron chi connectivity index (χ4n) is 6.37. The average Bonchev–Trinajstić information content (AvgIpc) is 3.68. The number of ketones is 2. The summed E-state index contributed by atoms with van der Waals surface area (Å²) in [5.41, 5.74) is 2.66. The molecule has 5 rings (SSSR count). The molecule has 4 atom stereocenters. The molecule has 39 heavy (non-hydrogen) atoms. The molecule has 7 N–H and O–H groups in total. The number of phenols is 1. The number of fused-ring (bicyclic) bond motifs is 3. The van der Waals surface area contributed by atoms with Crippen molar-refractivity contribution < 1.29 is 39.6 Å². The standard InChI is InChI=1S/C27H32N4O8/c1-30(2)15-9-14(29-26(38)10-5-6-10)20(32)17-12(15)7-11-8-13-19(31(3)4)22(34)18(25(28)37)24(36)27(13,39)23(35)16(11)21(17)33/h9-11,13,19,32-33,36,39H,5-8H2,1-4H3,(H2,28,37)(H,29,38)/t11?,13?,19-,27?/m0/s1. The van der Waals surface area contributed by atoms with Crippen LogP contribution < -0.4 is 16.0 Å². The zero-order valence-corrected chi connectivity index (χ0v) is 22.1. The quantitative estimate of drug-likeness (QED) is 0.225. The van der Waals surface area contributed by atoms with Crippen LogP contribution in [0.15, 0.2) is 23.0 Å². The average molecular weight is 541 g/mol. The van der Waals surface area contributed by atoms with E-state index < -0.39 is 63.8 Å². The first-order valence-corrected chi connectivity index (χ1v) is 12.7. The second-order valence-corrected chi connectivity index (χ2v) is 11.3. The van der Waals surface area contributed by atoms with E-state index in [-0.39, 0.29) is 41.5 Å². The number of benzene rings is 1. The molecule has 0 aromatic heterocycles. The van der Waals surface area contributed by atoms with Crippen molar-refractivity contribution >= 4 is 40.5 Å². The Bertz CT molecular complexity index is 1410. The van der Waals surface area contributed by atoms with Gasteiger partial charge in [0.25, 0.3) is 5.91 Å². The molecule has 0 heterocycles. The lowest BCUT2D eigenvalue weighted by Crippen LogP contribution is -2.65. The van der Waals surface area contributed by atoms with E-state index in [1.807, 2.05) is 0 Å². The molecule has 2 amide bonds. The van der Waals surface area contributed by atoms with Crippen molar-refractivity contribution in [3.8, 4) is 5.75 Å². The molecule has 0 saturated heterocycles. The van der Waals surface area contributed by atoms with Crippen LogP contribution in [0.5, 0.6) is 5.75 Å². The number of carbonyl (C=O) groups excluding carboxylic acids is 4. The van der Waals surface area contributed by atoms with E-state index in [1.165, 1.54) is 4.90 Å². The summed E-state index contributed by atoms with van der Waals surface area (Å²) >= 11 is 0. The lowest BCUT2D eigenvalue weighted by atomic mass is 9.57. The Morgan fingerprint density at radius 2 is 1.74 bits per heavy atom. The van der Waals surface area contributed by atoms with E-state index in [1.54, 1.807) is 39.2 Å². The predicted octanol–water partition coefficient (Wildman–Crippen LogP) is 0.379. The molecule has 0 bridgehead atoms. The van der Waals surface area contributed by atoms with Gasteiger partial charge in [0.1, 0.15) is 22.8 Å². The Hall–Kier alpha value is -3.90. The zero-order valence-electron chi connectivity index (χ0n) is 22.1. The number of nitrogens with two attached hydrogens (primary N) is 1. The summed E-state index contributed by atoms with van der Waals surface area (Å²) < 4.78 is 0. The number of nitrogens with zero attached hydrogens (tertiary/aromatic N) is 2. The number of likely N-dealkylation sites (N-methyl/N-ethyl adjacent to an activating group) is 1. The lowest BCUT2D eigenvalue weighted by Gasteiger charge is -2.50. The summed E-state index contributed by atoms with van der Waals surface area (Å²) in [6.07, 6.45) is 1.64. The normalized spacial score (nSPS) is 28.2. The number of phenolic OH excluding ortho intramolecular Hbond substituents is 1. The van der Waals surface area contributed by atoms with Gasteiger partial charge in [-0.2, -0.15) is 0 Å². The van der Waals surface area contributed by atoms with E-state index in [2.05, 4.69) is 5.32 Å². The van der Waals surface area contributed by atoms with Gasteiger partial charge < -0.3 is 36.4 Å². The van der Waals surface area contributed by atoms with Crippen molar-refractivity contribution in [3.63, 3.8) is 0 Å². The lowest BCUT2D eigenvalue weighted by molar-refractivity contribution is -0.153. The molecule has 1 aromatic rings. The van der Waals surface area contributed by atoms with Crippen molar-refractivity contribution in [2.75, 3.05) is 38.4 Å². The molecule has 12 heteroatoms. The third-order valence-corrected chi connectivity index (χ3v) is 8.39. The first-order valence-electron chi connectivity index (χ1n) is 12.7. The maximum atomic E-state index is 14.0. The van der Waals surface area contributed by atoms with Crippen molar-refractivity contribution in [3.05, 3.63) is 34.1 Å². The van der Waals surface area contributed by atoms with Crippen LogP contribution in [0.4, 0.5) is 11.4 Å². The van der Waals surface area contributed by atoms with Gasteiger partial charge in [0.05, 0.1) is 17.3 Å². The SMILES string of the molecule is CN(C)c1cc(NC(=O)C2CC2)c(O)c2c1CC1CC3[C@H](N(C)C)C(=O)C(C(N)=O)=C(O)C3(O)C(=O)C1=C2O. The molecular formula is C27H32N4O8. The second-order valence-electron chi connectivity index (χ2n) is 11.3. The largest absolute Gasteiger partial charge is 0.508 e. The van der Waals surface area contributed by atoms with Gasteiger partial charge >= 0.3 is 0 Å². The molecule has 1 aromatic carbocycles. The highest BCUT2D eigenvalue weighted by Crippen LogP contribution is 2.54. The predicted molar refractivity (Wildman–Crippen MR) is 140 cm³/mol. The van der Waals surface area contributed by atoms with Gasteiger partial charge in [-0.3, -0.25) is 24.1 Å². The Labute approximate surface area is 224 Å². The molecule has 4 aliphatic carbocycles. The number of aliphatic hydroxyl groups excluding tert-OH is 2. The number of primary amides is 1. The molecule has 2 fully saturated rings. The minimum Gasteiger partial charge on any atom is -0.508 e. The van der Waals surface area contributed by atoms with E-state index >= 15 is 0 Å². The topological polar surface area (TPSA) is 194 Å². The molecule has 12 nitrogen and oxygen atoms in total. The summed E-state index contributed by atoms with van der Waals surface area (Å²) in [7, 11) is 6.62. The Balaban J connectivity index is 1.71. The molecule has 208 valence electrons. The van der Waals surface area contributed by atoms with E-state index in [9.17, 15) is 39.6 Å². The van der Waals surface area contributed by atoms with E-state index in [0.29, 0.717) is 11.3 Å². The smallest absolute Gasteiger partial charge is 0.255 e. The number of carbonyl (C=O) groups is 4. The maximum Gasteiger partial charge on any atom is 0.255 e. The summed E-state index contributed by atoms with van der Waals surface area (Å²) in [4.78, 5) is 55.0. The summed E-state index contributed by atoms with van der Waals surface area (Å²) in [5.74, 6) is -7.60. The van der Waals surface area contributed by atoms with Gasteiger partial charge in [0.2, 0.25) is 11.7 Å². The van der Waals surface area contributed by atoms with Gasteiger partial charge in [-0.05, 0) is 57.3 Å². The van der Waals surface area contributed by atoms with Crippen LogP contribution in [-0.4, -0.2) is 88.5 Å². The van der Waals surface area contributed by atoms with Gasteiger partial charge in [0.15, 0.2) is 11.4 Å². The number of rotatable bonds is 5. The number of nitrogens with one attached hydrogen (secondary N) is 1. The Kier molecular flexibility index (Phi) is 6.03. The Morgan fingerprint density at radius 3 is 2.28 bits per heavy atom.